The number of aryl methyl sites for hydroxylation is 1. The van der Waals surface area contributed by atoms with Gasteiger partial charge in [0.15, 0.2) is 5.78 Å². The van der Waals surface area contributed by atoms with Crippen molar-refractivity contribution < 1.29 is 4.79 Å². The molecule has 0 saturated heterocycles. The standard InChI is InChI=1S/C10H10N4O/c1-6-8(3-11-5-13-6)10-12-4-9(14-10)7(2)15/h3-5H,1-2H3,(H,12,14). The molecule has 0 fully saturated rings. The molecular weight excluding hydrogens is 192 g/mol. The average molecular weight is 202 g/mol. The summed E-state index contributed by atoms with van der Waals surface area (Å²) in [6.45, 7) is 3.36. The molecule has 0 aromatic carbocycles. The molecule has 0 aliphatic rings. The zero-order chi connectivity index (χ0) is 10.8. The maximum Gasteiger partial charge on any atom is 0.177 e. The number of hydrogen-bond donors (Lipinski definition) is 1. The van der Waals surface area contributed by atoms with E-state index in [9.17, 15) is 4.79 Å². The highest BCUT2D eigenvalue weighted by atomic mass is 16.1. The maximum atomic E-state index is 11.1. The summed E-state index contributed by atoms with van der Waals surface area (Å²) in [6.07, 6.45) is 4.67. The zero-order valence-electron chi connectivity index (χ0n) is 8.48. The average Bonchev–Trinajstić information content (AvgIpc) is 2.67. The molecule has 2 heterocycles. The Labute approximate surface area is 86.6 Å². The Morgan fingerprint density at radius 1 is 1.33 bits per heavy atom. The number of H-pyrrole nitrogens is 1. The molecule has 0 radical (unpaired) electrons. The molecule has 0 spiro atoms. The van der Waals surface area contributed by atoms with Crippen LogP contribution in [-0.2, 0) is 0 Å². The Balaban J connectivity index is 2.46. The van der Waals surface area contributed by atoms with E-state index in [-0.39, 0.29) is 5.78 Å². The fourth-order valence-corrected chi connectivity index (χ4v) is 1.26. The smallest absolute Gasteiger partial charge is 0.177 e. The second-order valence-corrected chi connectivity index (χ2v) is 3.22. The molecule has 0 saturated carbocycles. The first kappa shape index (κ1) is 9.51. The number of rotatable bonds is 2. The molecule has 0 atom stereocenters. The minimum Gasteiger partial charge on any atom is -0.335 e. The maximum absolute atomic E-state index is 11.1. The van der Waals surface area contributed by atoms with Crippen molar-refractivity contribution in [2.45, 2.75) is 13.8 Å². The van der Waals surface area contributed by atoms with Gasteiger partial charge in [0.1, 0.15) is 17.8 Å². The molecule has 0 aliphatic carbocycles. The van der Waals surface area contributed by atoms with E-state index in [1.165, 1.54) is 19.4 Å². The van der Waals surface area contributed by atoms with Gasteiger partial charge in [-0.2, -0.15) is 0 Å². The molecule has 0 unspecified atom stereocenters. The summed E-state index contributed by atoms with van der Waals surface area (Å²) >= 11 is 0. The lowest BCUT2D eigenvalue weighted by Gasteiger charge is -1.98. The third kappa shape index (κ3) is 1.76. The van der Waals surface area contributed by atoms with Gasteiger partial charge in [-0.05, 0) is 6.92 Å². The first-order valence-corrected chi connectivity index (χ1v) is 4.51. The number of aromatic amines is 1. The van der Waals surface area contributed by atoms with Crippen LogP contribution in [0, 0.1) is 6.92 Å². The van der Waals surface area contributed by atoms with E-state index >= 15 is 0 Å². The van der Waals surface area contributed by atoms with Crippen LogP contribution in [0.2, 0.25) is 0 Å². The first-order valence-electron chi connectivity index (χ1n) is 4.51. The van der Waals surface area contributed by atoms with Gasteiger partial charge >= 0.3 is 0 Å². The Kier molecular flexibility index (Phi) is 2.29. The summed E-state index contributed by atoms with van der Waals surface area (Å²) in [4.78, 5) is 26.1. The molecule has 15 heavy (non-hydrogen) atoms. The van der Waals surface area contributed by atoms with Crippen molar-refractivity contribution in [3.8, 4) is 11.4 Å². The van der Waals surface area contributed by atoms with Crippen molar-refractivity contribution >= 4 is 5.78 Å². The van der Waals surface area contributed by atoms with Gasteiger partial charge in [0.2, 0.25) is 0 Å². The lowest BCUT2D eigenvalue weighted by molar-refractivity contribution is 0.101. The second kappa shape index (κ2) is 3.61. The number of hydrogen-bond acceptors (Lipinski definition) is 4. The molecule has 0 aliphatic heterocycles. The van der Waals surface area contributed by atoms with Crippen molar-refractivity contribution in [1.82, 2.24) is 19.9 Å². The van der Waals surface area contributed by atoms with E-state index < -0.39 is 0 Å². The van der Waals surface area contributed by atoms with Crippen molar-refractivity contribution in [2.75, 3.05) is 0 Å². The van der Waals surface area contributed by atoms with E-state index in [4.69, 9.17) is 0 Å². The van der Waals surface area contributed by atoms with Crippen LogP contribution in [0.25, 0.3) is 11.4 Å². The van der Waals surface area contributed by atoms with E-state index in [0.717, 1.165) is 11.3 Å². The highest BCUT2D eigenvalue weighted by Crippen LogP contribution is 2.16. The van der Waals surface area contributed by atoms with E-state index in [1.54, 1.807) is 6.20 Å². The summed E-state index contributed by atoms with van der Waals surface area (Å²) in [7, 11) is 0. The fraction of sp³-hybridized carbons (Fsp3) is 0.200. The molecule has 1 N–H and O–H groups in total. The third-order valence-electron chi connectivity index (χ3n) is 2.12. The largest absolute Gasteiger partial charge is 0.335 e. The molecule has 5 nitrogen and oxygen atoms in total. The predicted octanol–water partition coefficient (Wildman–Crippen LogP) is 1.38. The second-order valence-electron chi connectivity index (χ2n) is 3.22. The Hall–Kier alpha value is -2.04. The van der Waals surface area contributed by atoms with Gasteiger partial charge in [-0.15, -0.1) is 0 Å². The van der Waals surface area contributed by atoms with Gasteiger partial charge < -0.3 is 4.98 Å². The van der Waals surface area contributed by atoms with Crippen molar-refractivity contribution in [2.24, 2.45) is 0 Å². The van der Waals surface area contributed by atoms with Gasteiger partial charge in [-0.25, -0.2) is 15.0 Å². The molecule has 0 bridgehead atoms. The number of imidazole rings is 1. The summed E-state index contributed by atoms with van der Waals surface area (Å²) in [5.41, 5.74) is 2.13. The minimum absolute atomic E-state index is 0.0387. The van der Waals surface area contributed by atoms with Gasteiger partial charge in [-0.1, -0.05) is 0 Å². The number of aromatic nitrogens is 4. The minimum atomic E-state index is -0.0387. The number of nitrogens with one attached hydrogen (secondary N) is 1. The molecular formula is C10H10N4O. The SMILES string of the molecule is CC(=O)c1cnc(-c2cncnc2C)[nH]1. The van der Waals surface area contributed by atoms with Gasteiger partial charge in [0.25, 0.3) is 0 Å². The van der Waals surface area contributed by atoms with Gasteiger partial charge in [0, 0.05) is 13.1 Å². The van der Waals surface area contributed by atoms with Crippen LogP contribution < -0.4 is 0 Å². The number of ketones is 1. The molecule has 76 valence electrons. The zero-order valence-corrected chi connectivity index (χ0v) is 8.48. The van der Waals surface area contributed by atoms with E-state index in [0.29, 0.717) is 11.5 Å². The lowest BCUT2D eigenvalue weighted by atomic mass is 10.2. The van der Waals surface area contributed by atoms with Gasteiger partial charge in [0.05, 0.1) is 17.5 Å². The molecule has 2 rings (SSSR count). The normalized spacial score (nSPS) is 10.3. The van der Waals surface area contributed by atoms with Gasteiger partial charge in [-0.3, -0.25) is 4.79 Å². The van der Waals surface area contributed by atoms with Crippen molar-refractivity contribution in [3.05, 3.63) is 30.1 Å². The third-order valence-corrected chi connectivity index (χ3v) is 2.12. The summed E-state index contributed by atoms with van der Waals surface area (Å²) in [6, 6.07) is 0. The number of carbonyl (C=O) groups is 1. The molecule has 5 heteroatoms. The predicted molar refractivity (Wildman–Crippen MR) is 54.4 cm³/mol. The quantitative estimate of drug-likeness (QED) is 0.747. The summed E-state index contributed by atoms with van der Waals surface area (Å²) in [5.74, 6) is 0.585. The van der Waals surface area contributed by atoms with Crippen molar-refractivity contribution in [3.63, 3.8) is 0 Å². The fourth-order valence-electron chi connectivity index (χ4n) is 1.26. The van der Waals surface area contributed by atoms with E-state index in [1.807, 2.05) is 6.92 Å². The van der Waals surface area contributed by atoms with Crippen LogP contribution in [-0.4, -0.2) is 25.7 Å². The Morgan fingerprint density at radius 2 is 2.13 bits per heavy atom. The number of Topliss-reactive ketones (excluding diaryl/α,β-unsaturated/α-hetero) is 1. The highest BCUT2D eigenvalue weighted by Gasteiger charge is 2.09. The van der Waals surface area contributed by atoms with Crippen LogP contribution in [0.5, 0.6) is 0 Å². The number of nitrogens with zero attached hydrogens (tertiary/aromatic N) is 3. The summed E-state index contributed by atoms with van der Waals surface area (Å²) < 4.78 is 0. The molecule has 2 aromatic heterocycles. The van der Waals surface area contributed by atoms with Crippen molar-refractivity contribution in [1.29, 1.82) is 0 Å². The van der Waals surface area contributed by atoms with Crippen LogP contribution in [0.4, 0.5) is 0 Å². The topological polar surface area (TPSA) is 71.5 Å². The lowest BCUT2D eigenvalue weighted by Crippen LogP contribution is -1.93. The van der Waals surface area contributed by atoms with Crippen LogP contribution in [0.15, 0.2) is 18.7 Å². The first-order chi connectivity index (χ1) is 7.18. The van der Waals surface area contributed by atoms with E-state index in [2.05, 4.69) is 19.9 Å². The highest BCUT2D eigenvalue weighted by molar-refractivity contribution is 5.92. The molecule has 0 amide bonds. The van der Waals surface area contributed by atoms with Crippen LogP contribution in [0.1, 0.15) is 23.1 Å². The van der Waals surface area contributed by atoms with Crippen LogP contribution in [0.3, 0.4) is 0 Å². The Bertz CT molecular complexity index is 504. The summed E-state index contributed by atoms with van der Waals surface area (Å²) in [5, 5.41) is 0. The van der Waals surface area contributed by atoms with Crippen LogP contribution >= 0.6 is 0 Å². The monoisotopic (exact) mass is 202 g/mol. The molecule has 2 aromatic rings. The number of carbonyl (C=O) groups excluding carboxylic acids is 1. The Morgan fingerprint density at radius 3 is 2.73 bits per heavy atom.